The van der Waals surface area contributed by atoms with Crippen LogP contribution in [0.3, 0.4) is 0 Å². The Morgan fingerprint density at radius 2 is 1.83 bits per heavy atom. The minimum atomic E-state index is -4.53. The van der Waals surface area contributed by atoms with E-state index in [2.05, 4.69) is 9.71 Å². The molecule has 0 radical (unpaired) electrons. The molecule has 0 bridgehead atoms. The summed E-state index contributed by atoms with van der Waals surface area (Å²) in [4.78, 5) is 3.61. The molecule has 0 aliphatic carbocycles. The van der Waals surface area contributed by atoms with E-state index in [0.717, 1.165) is 24.5 Å². The molecule has 0 unspecified atom stereocenters. The molecule has 130 valence electrons. The number of benzene rings is 1. The maximum atomic E-state index is 12.6. The predicted octanol–water partition coefficient (Wildman–Crippen LogP) is 4.46. The zero-order valence-electron chi connectivity index (χ0n) is 12.6. The molecule has 24 heavy (non-hydrogen) atoms. The van der Waals surface area contributed by atoms with Crippen LogP contribution in [0.1, 0.15) is 24.5 Å². The van der Waals surface area contributed by atoms with Gasteiger partial charge in [0.05, 0.1) is 14.0 Å². The zero-order valence-corrected chi connectivity index (χ0v) is 15.5. The van der Waals surface area contributed by atoms with Gasteiger partial charge in [-0.3, -0.25) is 4.72 Å². The van der Waals surface area contributed by atoms with Gasteiger partial charge in [-0.1, -0.05) is 25.5 Å². The number of rotatable bonds is 5. The van der Waals surface area contributed by atoms with Crippen molar-refractivity contribution in [3.05, 3.63) is 51.2 Å². The first kappa shape index (κ1) is 19.0. The van der Waals surface area contributed by atoms with Crippen molar-refractivity contribution in [3.63, 3.8) is 0 Å². The molecule has 0 aliphatic rings. The predicted molar refractivity (Wildman–Crippen MR) is 93.2 cm³/mol. The van der Waals surface area contributed by atoms with E-state index in [9.17, 15) is 21.6 Å². The molecule has 2 rings (SSSR count). The third-order valence-electron chi connectivity index (χ3n) is 3.17. The first-order chi connectivity index (χ1) is 11.1. The number of aryl methyl sites for hydroxylation is 1. The van der Waals surface area contributed by atoms with Crippen LogP contribution in [0, 0.1) is 3.57 Å². The number of halogens is 4. The number of aromatic nitrogens is 1. The fourth-order valence-electron chi connectivity index (χ4n) is 1.98. The lowest BCUT2D eigenvalue weighted by molar-refractivity contribution is -0.137. The van der Waals surface area contributed by atoms with E-state index in [1.807, 2.05) is 6.92 Å². The van der Waals surface area contributed by atoms with Gasteiger partial charge in [0.1, 0.15) is 0 Å². The van der Waals surface area contributed by atoms with Crippen molar-refractivity contribution in [2.45, 2.75) is 30.8 Å². The highest BCUT2D eigenvalue weighted by Gasteiger charge is 2.31. The second kappa shape index (κ2) is 7.26. The monoisotopic (exact) mass is 470 g/mol. The maximum Gasteiger partial charge on any atom is 0.417 e. The Morgan fingerprint density at radius 3 is 2.33 bits per heavy atom. The van der Waals surface area contributed by atoms with Gasteiger partial charge in [-0.2, -0.15) is 13.2 Å². The number of alkyl halides is 3. The second-order valence-electron chi connectivity index (χ2n) is 5.05. The molecule has 1 aromatic heterocycles. The number of pyridine rings is 1. The SMILES string of the molecule is CCCc1ccc(S(=O)(=O)Nc2ncc(C(F)(F)F)cc2I)cc1. The molecular formula is C15H14F3IN2O2S. The minimum absolute atomic E-state index is 0.0276. The average Bonchev–Trinajstić information content (AvgIpc) is 2.49. The summed E-state index contributed by atoms with van der Waals surface area (Å²) in [6, 6.07) is 7.19. The third-order valence-corrected chi connectivity index (χ3v) is 5.35. The molecule has 1 N–H and O–H groups in total. The normalized spacial score (nSPS) is 12.2. The lowest BCUT2D eigenvalue weighted by Gasteiger charge is -2.12. The van der Waals surface area contributed by atoms with Crippen molar-refractivity contribution < 1.29 is 21.6 Å². The topological polar surface area (TPSA) is 59.1 Å². The summed E-state index contributed by atoms with van der Waals surface area (Å²) in [5.41, 5.74) is 0.0810. The number of hydrogen-bond donors (Lipinski definition) is 1. The number of nitrogens with one attached hydrogen (secondary N) is 1. The standard InChI is InChI=1S/C15H14F3IN2O2S/c1-2-3-10-4-6-12(7-5-10)24(22,23)21-14-13(19)8-11(9-20-14)15(16,17)18/h4-9H,2-3H2,1H3,(H,20,21). The molecule has 0 aliphatic heterocycles. The zero-order chi connectivity index (χ0) is 18.0. The molecule has 9 heteroatoms. The van der Waals surface area contributed by atoms with Crippen LogP contribution in [0.5, 0.6) is 0 Å². The number of anilines is 1. The Labute approximate surface area is 151 Å². The van der Waals surface area contributed by atoms with Crippen LogP contribution in [0.2, 0.25) is 0 Å². The molecule has 1 aromatic carbocycles. The Hall–Kier alpha value is -1.36. The summed E-state index contributed by atoms with van der Waals surface area (Å²) in [5, 5.41) is 0. The summed E-state index contributed by atoms with van der Waals surface area (Å²) in [6.07, 6.45) is -2.14. The van der Waals surface area contributed by atoms with Crippen LogP contribution < -0.4 is 4.72 Å². The van der Waals surface area contributed by atoms with E-state index in [1.165, 1.54) is 12.1 Å². The summed E-state index contributed by atoms with van der Waals surface area (Å²) in [5.74, 6) is -0.138. The van der Waals surface area contributed by atoms with Gasteiger partial charge in [0.15, 0.2) is 5.82 Å². The van der Waals surface area contributed by atoms with E-state index in [4.69, 9.17) is 0 Å². The van der Waals surface area contributed by atoms with Crippen LogP contribution in [0.4, 0.5) is 19.0 Å². The van der Waals surface area contributed by atoms with Gasteiger partial charge in [-0.25, -0.2) is 13.4 Å². The molecule has 1 heterocycles. The molecule has 0 fully saturated rings. The lowest BCUT2D eigenvalue weighted by atomic mass is 10.1. The van der Waals surface area contributed by atoms with Gasteiger partial charge in [-0.05, 0) is 52.8 Å². The molecular weight excluding hydrogens is 456 g/mol. The van der Waals surface area contributed by atoms with Crippen LogP contribution in [0.15, 0.2) is 41.4 Å². The van der Waals surface area contributed by atoms with Crippen molar-refractivity contribution in [1.29, 1.82) is 0 Å². The summed E-state index contributed by atoms with van der Waals surface area (Å²) < 4.78 is 64.8. The van der Waals surface area contributed by atoms with E-state index in [0.29, 0.717) is 6.20 Å². The van der Waals surface area contributed by atoms with E-state index in [-0.39, 0.29) is 14.3 Å². The molecule has 0 amide bonds. The first-order valence-electron chi connectivity index (χ1n) is 6.98. The van der Waals surface area contributed by atoms with E-state index in [1.54, 1.807) is 34.7 Å². The lowest BCUT2D eigenvalue weighted by Crippen LogP contribution is -2.16. The summed E-state index contributed by atoms with van der Waals surface area (Å²) in [7, 11) is -3.91. The highest BCUT2D eigenvalue weighted by molar-refractivity contribution is 14.1. The Bertz CT molecular complexity index is 822. The highest BCUT2D eigenvalue weighted by Crippen LogP contribution is 2.31. The molecule has 0 saturated carbocycles. The van der Waals surface area contributed by atoms with Gasteiger partial charge in [-0.15, -0.1) is 0 Å². The Kier molecular flexibility index (Phi) is 5.74. The van der Waals surface area contributed by atoms with Crippen molar-refractivity contribution in [2.24, 2.45) is 0 Å². The third kappa shape index (κ3) is 4.59. The molecule has 0 saturated heterocycles. The van der Waals surface area contributed by atoms with Crippen LogP contribution in [-0.2, 0) is 22.6 Å². The second-order valence-corrected chi connectivity index (χ2v) is 7.90. The van der Waals surface area contributed by atoms with Crippen LogP contribution in [0.25, 0.3) is 0 Å². The molecule has 4 nitrogen and oxygen atoms in total. The summed E-state index contributed by atoms with van der Waals surface area (Å²) >= 11 is 1.61. The van der Waals surface area contributed by atoms with Crippen molar-refractivity contribution in [3.8, 4) is 0 Å². The quantitative estimate of drug-likeness (QED) is 0.657. The van der Waals surface area contributed by atoms with Crippen molar-refractivity contribution in [1.82, 2.24) is 4.98 Å². The number of sulfonamides is 1. The van der Waals surface area contributed by atoms with E-state index >= 15 is 0 Å². The van der Waals surface area contributed by atoms with Crippen molar-refractivity contribution >= 4 is 38.4 Å². The summed E-state index contributed by atoms with van der Waals surface area (Å²) in [6.45, 7) is 2.02. The highest BCUT2D eigenvalue weighted by atomic mass is 127. The van der Waals surface area contributed by atoms with Gasteiger partial charge >= 0.3 is 6.18 Å². The average molecular weight is 470 g/mol. The van der Waals surface area contributed by atoms with Crippen LogP contribution in [-0.4, -0.2) is 13.4 Å². The number of hydrogen-bond acceptors (Lipinski definition) is 3. The van der Waals surface area contributed by atoms with Gasteiger partial charge in [0, 0.05) is 6.20 Å². The largest absolute Gasteiger partial charge is 0.417 e. The number of nitrogens with zero attached hydrogens (tertiary/aromatic N) is 1. The van der Waals surface area contributed by atoms with Gasteiger partial charge < -0.3 is 0 Å². The fourth-order valence-corrected chi connectivity index (χ4v) is 3.80. The van der Waals surface area contributed by atoms with E-state index < -0.39 is 21.8 Å². The molecule has 0 atom stereocenters. The van der Waals surface area contributed by atoms with Crippen molar-refractivity contribution in [2.75, 3.05) is 4.72 Å². The fraction of sp³-hybridized carbons (Fsp3) is 0.267. The first-order valence-corrected chi connectivity index (χ1v) is 9.54. The van der Waals surface area contributed by atoms with Crippen LogP contribution >= 0.6 is 22.6 Å². The molecule has 0 spiro atoms. The Morgan fingerprint density at radius 1 is 1.21 bits per heavy atom. The Balaban J connectivity index is 2.26. The maximum absolute atomic E-state index is 12.6. The van der Waals surface area contributed by atoms with Gasteiger partial charge in [0.2, 0.25) is 0 Å². The smallest absolute Gasteiger partial charge is 0.262 e. The minimum Gasteiger partial charge on any atom is -0.262 e. The van der Waals surface area contributed by atoms with Gasteiger partial charge in [0.25, 0.3) is 10.0 Å². The molecule has 2 aromatic rings.